The maximum atomic E-state index is 10.0. The van der Waals surface area contributed by atoms with Crippen LogP contribution in [-0.2, 0) is 0 Å². The summed E-state index contributed by atoms with van der Waals surface area (Å²) in [6.45, 7) is -0.322. The molecule has 0 unspecified atom stereocenters. The quantitative estimate of drug-likeness (QED) is 0.471. The number of hydrogen-bond donors (Lipinski definition) is 5. The molecule has 1 aromatic carbocycles. The van der Waals surface area contributed by atoms with Gasteiger partial charge in [-0.05, 0) is 17.7 Å². The minimum Gasteiger partial charge on any atom is -0.497 e. The smallest absolute Gasteiger partial charge is 0.118 e. The lowest BCUT2D eigenvalue weighted by Crippen LogP contribution is -2.62. The number of methoxy groups -OCH3 is 1. The van der Waals surface area contributed by atoms with Gasteiger partial charge in [-0.2, -0.15) is 0 Å². The van der Waals surface area contributed by atoms with Gasteiger partial charge in [-0.15, -0.1) is 0 Å². The van der Waals surface area contributed by atoms with E-state index in [1.54, 1.807) is 31.4 Å². The highest BCUT2D eigenvalue weighted by atomic mass is 16.5. The Morgan fingerprint density at radius 1 is 1.05 bits per heavy atom. The van der Waals surface area contributed by atoms with Crippen LogP contribution in [0.5, 0.6) is 5.75 Å². The van der Waals surface area contributed by atoms with E-state index in [0.29, 0.717) is 5.75 Å². The lowest BCUT2D eigenvalue weighted by molar-refractivity contribution is -0.120. The predicted molar refractivity (Wildman–Crippen MR) is 67.8 cm³/mol. The fourth-order valence-corrected chi connectivity index (χ4v) is 2.33. The maximum Gasteiger partial charge on any atom is 0.118 e. The Morgan fingerprint density at radius 2 is 1.68 bits per heavy atom. The summed E-state index contributed by atoms with van der Waals surface area (Å²) in [5, 5.41) is 41.6. The third-order valence-electron chi connectivity index (χ3n) is 3.52. The van der Waals surface area contributed by atoms with E-state index in [0.717, 1.165) is 5.56 Å². The molecule has 1 saturated heterocycles. The molecular formula is C13H19NO5. The molecule has 106 valence electrons. The highest BCUT2D eigenvalue weighted by molar-refractivity contribution is 5.30. The fraction of sp³-hybridized carbons (Fsp3) is 0.538. The monoisotopic (exact) mass is 269 g/mol. The molecule has 1 aliphatic heterocycles. The van der Waals surface area contributed by atoms with E-state index in [4.69, 9.17) is 4.74 Å². The number of aliphatic hydroxyl groups excluding tert-OH is 4. The Morgan fingerprint density at radius 3 is 2.21 bits per heavy atom. The van der Waals surface area contributed by atoms with E-state index < -0.39 is 30.4 Å². The van der Waals surface area contributed by atoms with E-state index in [-0.39, 0.29) is 6.61 Å². The van der Waals surface area contributed by atoms with Crippen LogP contribution in [0.2, 0.25) is 0 Å². The number of piperidine rings is 1. The van der Waals surface area contributed by atoms with Crippen molar-refractivity contribution in [2.45, 2.75) is 30.4 Å². The molecule has 5 N–H and O–H groups in total. The van der Waals surface area contributed by atoms with Gasteiger partial charge in [0.1, 0.15) is 18.0 Å². The molecule has 5 atom stereocenters. The molecule has 1 aliphatic rings. The SMILES string of the molecule is COc1ccc([C@@H]2N[C@H](CO)[C@@H](O)[C@H](O)[C@@H]2O)cc1. The Hall–Kier alpha value is -1.18. The number of benzene rings is 1. The lowest BCUT2D eigenvalue weighted by Gasteiger charge is -2.41. The van der Waals surface area contributed by atoms with Crippen LogP contribution in [0.3, 0.4) is 0 Å². The first kappa shape index (κ1) is 14.2. The molecule has 2 rings (SSSR count). The van der Waals surface area contributed by atoms with Gasteiger partial charge < -0.3 is 30.5 Å². The van der Waals surface area contributed by atoms with Gasteiger partial charge in [-0.3, -0.25) is 0 Å². The minimum atomic E-state index is -1.30. The largest absolute Gasteiger partial charge is 0.497 e. The summed E-state index contributed by atoms with van der Waals surface area (Å²) in [6.07, 6.45) is -3.65. The summed E-state index contributed by atoms with van der Waals surface area (Å²) in [5.74, 6) is 0.688. The molecule has 0 aliphatic carbocycles. The summed E-state index contributed by atoms with van der Waals surface area (Å²) in [7, 11) is 1.56. The van der Waals surface area contributed by atoms with Crippen molar-refractivity contribution in [1.82, 2.24) is 5.32 Å². The number of aliphatic hydroxyl groups is 4. The maximum absolute atomic E-state index is 10.0. The van der Waals surface area contributed by atoms with Crippen molar-refractivity contribution in [2.75, 3.05) is 13.7 Å². The van der Waals surface area contributed by atoms with E-state index in [1.807, 2.05) is 0 Å². The molecule has 1 fully saturated rings. The van der Waals surface area contributed by atoms with Gasteiger partial charge in [0.05, 0.1) is 31.9 Å². The van der Waals surface area contributed by atoms with Crippen LogP contribution in [0, 0.1) is 0 Å². The Balaban J connectivity index is 2.21. The highest BCUT2D eigenvalue weighted by Crippen LogP contribution is 2.28. The van der Waals surface area contributed by atoms with E-state index in [2.05, 4.69) is 5.32 Å². The van der Waals surface area contributed by atoms with Crippen molar-refractivity contribution < 1.29 is 25.2 Å². The average Bonchev–Trinajstić information content (AvgIpc) is 2.45. The van der Waals surface area contributed by atoms with Gasteiger partial charge >= 0.3 is 0 Å². The van der Waals surface area contributed by atoms with Crippen molar-refractivity contribution in [3.05, 3.63) is 29.8 Å². The van der Waals surface area contributed by atoms with Gasteiger partial charge in [0.2, 0.25) is 0 Å². The highest BCUT2D eigenvalue weighted by Gasteiger charge is 2.42. The molecule has 0 spiro atoms. The van der Waals surface area contributed by atoms with Crippen LogP contribution >= 0.6 is 0 Å². The van der Waals surface area contributed by atoms with Gasteiger partial charge in [0.25, 0.3) is 0 Å². The van der Waals surface area contributed by atoms with Crippen LogP contribution in [-0.4, -0.2) is 58.5 Å². The number of nitrogens with one attached hydrogen (secondary N) is 1. The second-order valence-corrected chi connectivity index (χ2v) is 4.68. The zero-order valence-electron chi connectivity index (χ0n) is 10.6. The molecule has 0 saturated carbocycles. The Bertz CT molecular complexity index is 408. The third-order valence-corrected chi connectivity index (χ3v) is 3.52. The summed E-state index contributed by atoms with van der Waals surface area (Å²) in [6, 6.07) is 5.79. The molecule has 0 aromatic heterocycles. The Kier molecular flexibility index (Phi) is 4.38. The number of rotatable bonds is 3. The first-order chi connectivity index (χ1) is 9.08. The number of hydrogen-bond acceptors (Lipinski definition) is 6. The normalized spacial score (nSPS) is 35.1. The second kappa shape index (κ2) is 5.85. The molecule has 19 heavy (non-hydrogen) atoms. The summed E-state index contributed by atoms with van der Waals surface area (Å²) in [4.78, 5) is 0. The van der Waals surface area contributed by atoms with Crippen molar-refractivity contribution >= 4 is 0 Å². The Labute approximate surface area is 111 Å². The van der Waals surface area contributed by atoms with Gasteiger partial charge in [-0.25, -0.2) is 0 Å². The summed E-state index contributed by atoms with van der Waals surface area (Å²) < 4.78 is 5.05. The predicted octanol–water partition coefficient (Wildman–Crippen LogP) is -1.22. The van der Waals surface area contributed by atoms with Crippen molar-refractivity contribution in [3.63, 3.8) is 0 Å². The first-order valence-corrected chi connectivity index (χ1v) is 6.13. The van der Waals surface area contributed by atoms with Crippen LogP contribution in [0.1, 0.15) is 11.6 Å². The zero-order chi connectivity index (χ0) is 14.0. The van der Waals surface area contributed by atoms with Crippen LogP contribution < -0.4 is 10.1 Å². The topological polar surface area (TPSA) is 102 Å². The molecule has 1 heterocycles. The van der Waals surface area contributed by atoms with Crippen LogP contribution in [0.4, 0.5) is 0 Å². The molecule has 0 amide bonds. The molecule has 0 bridgehead atoms. The van der Waals surface area contributed by atoms with E-state index in [1.165, 1.54) is 0 Å². The van der Waals surface area contributed by atoms with Crippen LogP contribution in [0.25, 0.3) is 0 Å². The van der Waals surface area contributed by atoms with Crippen molar-refractivity contribution in [2.24, 2.45) is 0 Å². The summed E-state index contributed by atoms with van der Waals surface area (Å²) >= 11 is 0. The van der Waals surface area contributed by atoms with Crippen LogP contribution in [0.15, 0.2) is 24.3 Å². The minimum absolute atomic E-state index is 0.322. The fourth-order valence-electron chi connectivity index (χ4n) is 2.33. The molecular weight excluding hydrogens is 250 g/mol. The van der Waals surface area contributed by atoms with E-state index in [9.17, 15) is 20.4 Å². The second-order valence-electron chi connectivity index (χ2n) is 4.68. The van der Waals surface area contributed by atoms with Gasteiger partial charge in [0.15, 0.2) is 0 Å². The molecule has 6 heteroatoms. The molecule has 1 aromatic rings. The lowest BCUT2D eigenvalue weighted by atomic mass is 9.87. The van der Waals surface area contributed by atoms with Crippen molar-refractivity contribution in [3.8, 4) is 5.75 Å². The standard InChI is InChI=1S/C13H19NO5/c1-19-8-4-2-7(3-5-8)10-12(17)13(18)11(16)9(6-15)14-10/h2-5,9-18H,6H2,1H3/t9-,10+,11-,12-,13+/m1/s1. The number of ether oxygens (including phenoxy) is 1. The molecule has 6 nitrogen and oxygen atoms in total. The average molecular weight is 269 g/mol. The zero-order valence-corrected chi connectivity index (χ0v) is 10.6. The first-order valence-electron chi connectivity index (χ1n) is 6.13. The van der Waals surface area contributed by atoms with Crippen molar-refractivity contribution in [1.29, 1.82) is 0 Å². The van der Waals surface area contributed by atoms with Gasteiger partial charge in [-0.1, -0.05) is 12.1 Å². The van der Waals surface area contributed by atoms with E-state index >= 15 is 0 Å². The summed E-state index contributed by atoms with van der Waals surface area (Å²) in [5.41, 5.74) is 0.748. The molecule has 0 radical (unpaired) electrons. The van der Waals surface area contributed by atoms with Gasteiger partial charge in [0, 0.05) is 0 Å². The third kappa shape index (κ3) is 2.72.